The molecule has 1 heterocycles. The fourth-order valence-electron chi connectivity index (χ4n) is 2.98. The molecule has 0 saturated carbocycles. The second kappa shape index (κ2) is 5.21. The third kappa shape index (κ3) is 2.06. The molecular weight excluding hydrogens is 252 g/mol. The summed E-state index contributed by atoms with van der Waals surface area (Å²) in [5, 5.41) is 11.3. The van der Waals surface area contributed by atoms with Gasteiger partial charge in [0.15, 0.2) is 0 Å². The maximum atomic E-state index is 11.3. The van der Waals surface area contributed by atoms with Crippen LogP contribution in [0.2, 0.25) is 0 Å². The molecule has 0 radical (unpaired) electrons. The Morgan fingerprint density at radius 3 is 2.80 bits per heavy atom. The van der Waals surface area contributed by atoms with Crippen molar-refractivity contribution in [3.8, 4) is 5.88 Å². The van der Waals surface area contributed by atoms with Gasteiger partial charge in [0, 0.05) is 12.4 Å². The Hall–Kier alpha value is -1.94. The number of hydrogen-bond donors (Lipinski definition) is 1. The van der Waals surface area contributed by atoms with Crippen LogP contribution in [0.1, 0.15) is 36.1 Å². The summed E-state index contributed by atoms with van der Waals surface area (Å²) in [5.41, 5.74) is 1.50. The minimum absolute atomic E-state index is 0.395. The second-order valence-electron chi connectivity index (χ2n) is 5.14. The molecule has 0 spiro atoms. The molecular formula is C16H18N2O2. The van der Waals surface area contributed by atoms with Crippen LogP contribution in [0, 0.1) is 0 Å². The Bertz CT molecular complexity index is 615. The Kier molecular flexibility index (Phi) is 3.40. The number of fused-ring (bicyclic) bond motifs is 1. The largest absolute Gasteiger partial charge is 0.480 e. The van der Waals surface area contributed by atoms with Gasteiger partial charge in [-0.2, -0.15) is 0 Å². The summed E-state index contributed by atoms with van der Waals surface area (Å²) in [6.07, 6.45) is 6.82. The standard InChI is InChI=1S/C16H18N2O2/c1-20-15-14(17-10-11-18-15)16(19)9-5-4-7-12-6-2-3-8-13(12)16/h2-3,6,8,10-11,19H,4-5,7,9H2,1H3. The van der Waals surface area contributed by atoms with E-state index in [1.165, 1.54) is 5.56 Å². The van der Waals surface area contributed by atoms with Crippen molar-refractivity contribution in [2.45, 2.75) is 31.3 Å². The summed E-state index contributed by atoms with van der Waals surface area (Å²) < 4.78 is 5.29. The summed E-state index contributed by atoms with van der Waals surface area (Å²) in [7, 11) is 1.56. The Morgan fingerprint density at radius 1 is 1.15 bits per heavy atom. The molecule has 20 heavy (non-hydrogen) atoms. The number of benzene rings is 1. The number of ether oxygens (including phenoxy) is 1. The topological polar surface area (TPSA) is 55.2 Å². The quantitative estimate of drug-likeness (QED) is 0.852. The highest BCUT2D eigenvalue weighted by Crippen LogP contribution is 2.41. The van der Waals surface area contributed by atoms with E-state index >= 15 is 0 Å². The van der Waals surface area contributed by atoms with Gasteiger partial charge in [-0.05, 0) is 36.8 Å². The molecule has 2 aromatic rings. The molecule has 1 unspecified atom stereocenters. The molecule has 1 aliphatic carbocycles. The first kappa shape index (κ1) is 13.1. The molecule has 4 nitrogen and oxygen atoms in total. The fraction of sp³-hybridized carbons (Fsp3) is 0.375. The maximum absolute atomic E-state index is 11.3. The molecule has 1 N–H and O–H groups in total. The normalized spacial score (nSPS) is 21.9. The molecule has 4 heteroatoms. The summed E-state index contributed by atoms with van der Waals surface area (Å²) >= 11 is 0. The second-order valence-corrected chi connectivity index (χ2v) is 5.14. The molecule has 0 fully saturated rings. The first-order chi connectivity index (χ1) is 9.75. The van der Waals surface area contributed by atoms with Gasteiger partial charge in [-0.25, -0.2) is 4.98 Å². The minimum atomic E-state index is -1.12. The van der Waals surface area contributed by atoms with Crippen LogP contribution in [0.5, 0.6) is 5.88 Å². The van der Waals surface area contributed by atoms with Crippen molar-refractivity contribution in [1.29, 1.82) is 0 Å². The van der Waals surface area contributed by atoms with Crippen molar-refractivity contribution < 1.29 is 9.84 Å². The summed E-state index contributed by atoms with van der Waals surface area (Å²) in [6, 6.07) is 8.03. The van der Waals surface area contributed by atoms with Crippen LogP contribution in [0.3, 0.4) is 0 Å². The molecule has 1 aromatic heterocycles. The number of aliphatic hydroxyl groups is 1. The van der Waals surface area contributed by atoms with E-state index in [4.69, 9.17) is 4.74 Å². The summed E-state index contributed by atoms with van der Waals surface area (Å²) in [5.74, 6) is 0.395. The zero-order valence-electron chi connectivity index (χ0n) is 11.5. The predicted octanol–water partition coefficient (Wildman–Crippen LogP) is 2.45. The van der Waals surface area contributed by atoms with Crippen LogP contribution in [0.25, 0.3) is 0 Å². The van der Waals surface area contributed by atoms with Gasteiger partial charge in [0.2, 0.25) is 5.88 Å². The Balaban J connectivity index is 2.20. The average molecular weight is 270 g/mol. The molecule has 1 aliphatic rings. The third-order valence-corrected chi connectivity index (χ3v) is 3.95. The minimum Gasteiger partial charge on any atom is -0.480 e. The number of aryl methyl sites for hydroxylation is 1. The zero-order valence-corrected chi connectivity index (χ0v) is 11.5. The molecule has 0 saturated heterocycles. The number of hydrogen-bond acceptors (Lipinski definition) is 4. The van der Waals surface area contributed by atoms with Crippen LogP contribution in [0.4, 0.5) is 0 Å². The number of aromatic nitrogens is 2. The highest BCUT2D eigenvalue weighted by molar-refractivity contribution is 5.42. The molecule has 0 aliphatic heterocycles. The first-order valence-corrected chi connectivity index (χ1v) is 6.92. The van der Waals surface area contributed by atoms with E-state index in [0.717, 1.165) is 24.8 Å². The van der Waals surface area contributed by atoms with E-state index in [0.29, 0.717) is 18.0 Å². The lowest BCUT2D eigenvalue weighted by Crippen LogP contribution is -2.29. The Labute approximate surface area is 118 Å². The summed E-state index contributed by atoms with van der Waals surface area (Å²) in [4.78, 5) is 8.52. The average Bonchev–Trinajstić information content (AvgIpc) is 2.68. The lowest BCUT2D eigenvalue weighted by atomic mass is 9.85. The van der Waals surface area contributed by atoms with Crippen LogP contribution < -0.4 is 4.74 Å². The maximum Gasteiger partial charge on any atom is 0.238 e. The van der Waals surface area contributed by atoms with Crippen molar-refractivity contribution in [3.05, 3.63) is 53.5 Å². The highest BCUT2D eigenvalue weighted by atomic mass is 16.5. The van der Waals surface area contributed by atoms with E-state index < -0.39 is 5.60 Å². The molecule has 3 rings (SSSR count). The van der Waals surface area contributed by atoms with E-state index in [1.807, 2.05) is 18.2 Å². The van der Waals surface area contributed by atoms with Crippen LogP contribution in [-0.2, 0) is 12.0 Å². The molecule has 1 atom stereocenters. The van der Waals surface area contributed by atoms with Crippen LogP contribution in [0.15, 0.2) is 36.7 Å². The van der Waals surface area contributed by atoms with Crippen molar-refractivity contribution in [2.24, 2.45) is 0 Å². The molecule has 0 bridgehead atoms. The van der Waals surface area contributed by atoms with Crippen molar-refractivity contribution in [1.82, 2.24) is 9.97 Å². The van der Waals surface area contributed by atoms with Gasteiger partial charge >= 0.3 is 0 Å². The van der Waals surface area contributed by atoms with Gasteiger partial charge < -0.3 is 9.84 Å². The van der Waals surface area contributed by atoms with Gasteiger partial charge in [-0.3, -0.25) is 4.98 Å². The van der Waals surface area contributed by atoms with Gasteiger partial charge in [-0.1, -0.05) is 24.3 Å². The smallest absolute Gasteiger partial charge is 0.238 e. The van der Waals surface area contributed by atoms with E-state index in [-0.39, 0.29) is 0 Å². The van der Waals surface area contributed by atoms with Crippen molar-refractivity contribution in [3.63, 3.8) is 0 Å². The SMILES string of the molecule is COc1nccnc1C1(O)CCCCc2ccccc21. The molecule has 0 amide bonds. The van der Waals surface area contributed by atoms with Crippen LogP contribution >= 0.6 is 0 Å². The number of rotatable bonds is 2. The monoisotopic (exact) mass is 270 g/mol. The van der Waals surface area contributed by atoms with Crippen molar-refractivity contribution in [2.75, 3.05) is 7.11 Å². The molecule has 104 valence electrons. The van der Waals surface area contributed by atoms with E-state index in [9.17, 15) is 5.11 Å². The fourth-order valence-corrected chi connectivity index (χ4v) is 2.98. The number of nitrogens with zero attached hydrogens (tertiary/aromatic N) is 2. The van der Waals surface area contributed by atoms with Gasteiger partial charge in [-0.15, -0.1) is 0 Å². The first-order valence-electron chi connectivity index (χ1n) is 6.92. The predicted molar refractivity (Wildman–Crippen MR) is 75.6 cm³/mol. The lowest BCUT2D eigenvalue weighted by molar-refractivity contribution is 0.0621. The lowest BCUT2D eigenvalue weighted by Gasteiger charge is -2.29. The number of methoxy groups -OCH3 is 1. The zero-order chi connectivity index (χ0) is 14.0. The highest BCUT2D eigenvalue weighted by Gasteiger charge is 2.38. The molecule has 1 aromatic carbocycles. The van der Waals surface area contributed by atoms with Crippen LogP contribution in [-0.4, -0.2) is 22.2 Å². The van der Waals surface area contributed by atoms with Gasteiger partial charge in [0.25, 0.3) is 0 Å². The van der Waals surface area contributed by atoms with Gasteiger partial charge in [0.1, 0.15) is 11.3 Å². The van der Waals surface area contributed by atoms with E-state index in [1.54, 1.807) is 19.5 Å². The van der Waals surface area contributed by atoms with Crippen molar-refractivity contribution >= 4 is 0 Å². The Morgan fingerprint density at radius 2 is 1.95 bits per heavy atom. The summed E-state index contributed by atoms with van der Waals surface area (Å²) in [6.45, 7) is 0. The van der Waals surface area contributed by atoms with Gasteiger partial charge in [0.05, 0.1) is 7.11 Å². The third-order valence-electron chi connectivity index (χ3n) is 3.95. The van der Waals surface area contributed by atoms with E-state index in [2.05, 4.69) is 16.0 Å².